The molecule has 232 valence electrons. The zero-order chi connectivity index (χ0) is 31.1. The first-order chi connectivity index (χ1) is 21.1. The van der Waals surface area contributed by atoms with Gasteiger partial charge >= 0.3 is 12.6 Å². The number of carbonyl (C=O) groups is 1. The molecular formula is C31H33F2N5O5S. The molecule has 0 fully saturated rings. The highest BCUT2D eigenvalue weighted by Gasteiger charge is 2.31. The molecule has 0 spiro atoms. The molecule has 2 aliphatic rings. The molecule has 2 aromatic carbocycles. The summed E-state index contributed by atoms with van der Waals surface area (Å²) in [5.41, 5.74) is 10.4. The van der Waals surface area contributed by atoms with Crippen LogP contribution in [-0.4, -0.2) is 47.3 Å². The molecule has 2 aliphatic heterocycles. The van der Waals surface area contributed by atoms with Gasteiger partial charge in [0, 0.05) is 43.4 Å². The maximum atomic E-state index is 13.5. The highest BCUT2D eigenvalue weighted by molar-refractivity contribution is 7.17. The summed E-state index contributed by atoms with van der Waals surface area (Å²) in [6.45, 7) is 2.48. The fourth-order valence-electron chi connectivity index (χ4n) is 6.17. The molecule has 0 amide bonds. The third-order valence-corrected chi connectivity index (χ3v) is 9.22. The van der Waals surface area contributed by atoms with Crippen LogP contribution >= 0.6 is 11.3 Å². The molecule has 13 heteroatoms. The number of nitrogens with one attached hydrogen (secondary N) is 3. The van der Waals surface area contributed by atoms with Crippen LogP contribution in [0.25, 0.3) is 10.1 Å². The number of fused-ring (bicyclic) bond motifs is 3. The number of halogens is 2. The summed E-state index contributed by atoms with van der Waals surface area (Å²) in [6.07, 6.45) is 0.449. The molecule has 0 saturated carbocycles. The highest BCUT2D eigenvalue weighted by atomic mass is 32.1. The number of alkyl halides is 2. The lowest BCUT2D eigenvalue weighted by Crippen LogP contribution is -2.32. The molecular weight excluding hydrogens is 592 g/mol. The number of anilines is 2. The fourth-order valence-corrected chi connectivity index (χ4v) is 7.06. The maximum absolute atomic E-state index is 13.5. The highest BCUT2D eigenvalue weighted by Crippen LogP contribution is 2.47. The molecule has 10 nitrogen and oxygen atoms in total. The molecule has 2 aromatic heterocycles. The number of H-pyrrole nitrogens is 1. The molecule has 0 radical (unpaired) electrons. The maximum Gasteiger partial charge on any atom is 0.387 e. The summed E-state index contributed by atoms with van der Waals surface area (Å²) in [4.78, 5) is 29.5. The molecule has 4 N–H and O–H groups in total. The molecule has 0 saturated heterocycles. The molecule has 44 heavy (non-hydrogen) atoms. The van der Waals surface area contributed by atoms with Crippen LogP contribution in [0.4, 0.5) is 20.2 Å². The predicted octanol–water partition coefficient (Wildman–Crippen LogP) is 5.56. The number of pyridine rings is 1. The first kappa shape index (κ1) is 29.9. The van der Waals surface area contributed by atoms with Crippen LogP contribution in [0, 0.1) is 6.92 Å². The van der Waals surface area contributed by atoms with E-state index in [1.54, 1.807) is 29.5 Å². The van der Waals surface area contributed by atoms with Gasteiger partial charge in [0.2, 0.25) is 5.56 Å². The number of ether oxygens (including phenoxy) is 2. The van der Waals surface area contributed by atoms with Crippen molar-refractivity contribution in [1.82, 2.24) is 15.4 Å². The second kappa shape index (κ2) is 12.1. The van der Waals surface area contributed by atoms with Gasteiger partial charge in [-0.1, -0.05) is 13.0 Å². The number of rotatable bonds is 9. The average molecular weight is 626 g/mol. The van der Waals surface area contributed by atoms with Gasteiger partial charge in [0.05, 0.1) is 17.8 Å². The Labute approximate surface area is 256 Å². The number of nitrogens with zero attached hydrogens (tertiary/aromatic N) is 2. The van der Waals surface area contributed by atoms with Gasteiger partial charge in [-0.2, -0.15) is 8.78 Å². The Hall–Kier alpha value is -4.20. The number of hydrazine groups is 2. The third-order valence-electron chi connectivity index (χ3n) is 8.22. The van der Waals surface area contributed by atoms with Gasteiger partial charge in [-0.05, 0) is 70.6 Å². The smallest absolute Gasteiger partial charge is 0.387 e. The topological polar surface area (TPSA) is 119 Å². The SMILES string of the molecule is CC[C@@H]1CN(Cc2cc([C@@H](CC(=O)O)c3cc(OC(F)F)c4c(c3C)NNN4C)cc3ccsc23)Cc2[nH]c(=O)ccc2O1. The summed E-state index contributed by atoms with van der Waals surface area (Å²) < 4.78 is 39.2. The minimum atomic E-state index is -3.06. The van der Waals surface area contributed by atoms with Crippen LogP contribution in [-0.2, 0) is 17.9 Å². The number of carboxylic acid groups (broad SMARTS) is 1. The van der Waals surface area contributed by atoms with Crippen LogP contribution in [0.1, 0.15) is 53.6 Å². The van der Waals surface area contributed by atoms with E-state index in [1.165, 1.54) is 12.1 Å². The van der Waals surface area contributed by atoms with Crippen LogP contribution in [0.5, 0.6) is 11.5 Å². The van der Waals surface area contributed by atoms with Gasteiger partial charge in [0.15, 0.2) is 5.75 Å². The molecule has 0 bridgehead atoms. The number of aliphatic carboxylic acids is 1. The quantitative estimate of drug-likeness (QED) is 0.190. The monoisotopic (exact) mass is 625 g/mol. The van der Waals surface area contributed by atoms with E-state index in [4.69, 9.17) is 9.47 Å². The van der Waals surface area contributed by atoms with Crippen LogP contribution in [0.15, 0.2) is 46.6 Å². The van der Waals surface area contributed by atoms with E-state index in [1.807, 2.05) is 30.5 Å². The number of thiophene rings is 1. The zero-order valence-electron chi connectivity index (χ0n) is 24.4. The van der Waals surface area contributed by atoms with Gasteiger partial charge in [-0.3, -0.25) is 19.5 Å². The Morgan fingerprint density at radius 1 is 1.25 bits per heavy atom. The van der Waals surface area contributed by atoms with Gasteiger partial charge in [-0.15, -0.1) is 16.9 Å². The number of aromatic nitrogens is 1. The summed E-state index contributed by atoms with van der Waals surface area (Å²) in [5.74, 6) is -1.05. The standard InChI is InChI=1S/C31H33F2N5O5S/c1-4-20-14-38(15-23-24(42-20)5-6-26(39)34-23)13-19-10-18(9-17-7-8-44-30(17)19)22(12-27(40)41)21-11-25(43-31(32)33)29-28(16(21)2)35-36-37(29)3/h5-11,20,22,31,35-36H,4,12-15H2,1-3H3,(H,34,39)(H,40,41)/t20-,22-/m1/s1. The normalized spacial score (nSPS) is 17.1. The Morgan fingerprint density at radius 3 is 2.82 bits per heavy atom. The lowest BCUT2D eigenvalue weighted by Gasteiger charge is -2.25. The van der Waals surface area contributed by atoms with Crippen molar-refractivity contribution in [2.24, 2.45) is 0 Å². The molecule has 0 aliphatic carbocycles. The van der Waals surface area contributed by atoms with E-state index in [-0.39, 0.29) is 23.8 Å². The molecule has 2 atom stereocenters. The van der Waals surface area contributed by atoms with Crippen molar-refractivity contribution >= 4 is 38.8 Å². The lowest BCUT2D eigenvalue weighted by atomic mass is 9.84. The van der Waals surface area contributed by atoms with E-state index in [9.17, 15) is 23.5 Å². The first-order valence-corrected chi connectivity index (χ1v) is 15.2. The van der Waals surface area contributed by atoms with Crippen molar-refractivity contribution in [2.75, 3.05) is 24.0 Å². The predicted molar refractivity (Wildman–Crippen MR) is 165 cm³/mol. The van der Waals surface area contributed by atoms with Crippen molar-refractivity contribution in [2.45, 2.75) is 58.4 Å². The van der Waals surface area contributed by atoms with Crippen molar-refractivity contribution in [3.05, 3.63) is 80.1 Å². The minimum absolute atomic E-state index is 0.0503. The Morgan fingerprint density at radius 2 is 2.07 bits per heavy atom. The van der Waals surface area contributed by atoms with Crippen LogP contribution in [0.3, 0.4) is 0 Å². The van der Waals surface area contributed by atoms with E-state index in [0.717, 1.165) is 33.2 Å². The summed E-state index contributed by atoms with van der Waals surface area (Å²) in [6, 6.07) is 10.7. The minimum Gasteiger partial charge on any atom is -0.487 e. The summed E-state index contributed by atoms with van der Waals surface area (Å²) in [7, 11) is 1.67. The van der Waals surface area contributed by atoms with E-state index in [0.29, 0.717) is 48.0 Å². The van der Waals surface area contributed by atoms with Crippen molar-refractivity contribution in [3.8, 4) is 11.5 Å². The largest absolute Gasteiger partial charge is 0.487 e. The molecule has 4 heterocycles. The second-order valence-electron chi connectivity index (χ2n) is 11.1. The van der Waals surface area contributed by atoms with E-state index in [2.05, 4.69) is 27.8 Å². The summed E-state index contributed by atoms with van der Waals surface area (Å²) >= 11 is 1.60. The summed E-state index contributed by atoms with van der Waals surface area (Å²) in [5, 5.41) is 14.5. The zero-order valence-corrected chi connectivity index (χ0v) is 25.3. The first-order valence-electron chi connectivity index (χ1n) is 14.3. The van der Waals surface area contributed by atoms with Crippen molar-refractivity contribution in [3.63, 3.8) is 0 Å². The van der Waals surface area contributed by atoms with Gasteiger partial charge < -0.3 is 25.0 Å². The second-order valence-corrected chi connectivity index (χ2v) is 12.1. The van der Waals surface area contributed by atoms with Crippen LogP contribution in [0.2, 0.25) is 0 Å². The molecule has 0 unspecified atom stereocenters. The average Bonchev–Trinajstić information content (AvgIpc) is 3.56. The van der Waals surface area contributed by atoms with Crippen molar-refractivity contribution < 1.29 is 28.2 Å². The Kier molecular flexibility index (Phi) is 8.18. The number of hydrogen-bond acceptors (Lipinski definition) is 9. The fraction of sp³-hybridized carbons (Fsp3) is 0.355. The number of benzene rings is 2. The van der Waals surface area contributed by atoms with Gasteiger partial charge in [-0.25, -0.2) is 0 Å². The van der Waals surface area contributed by atoms with Gasteiger partial charge in [0.1, 0.15) is 17.5 Å². The lowest BCUT2D eigenvalue weighted by molar-refractivity contribution is -0.137. The third kappa shape index (κ3) is 5.82. The van der Waals surface area contributed by atoms with E-state index < -0.39 is 18.5 Å². The number of aromatic amines is 1. The Balaban J connectivity index is 1.44. The van der Waals surface area contributed by atoms with Crippen LogP contribution < -0.4 is 31.0 Å². The number of hydrogen-bond donors (Lipinski definition) is 4. The number of carboxylic acids is 1. The molecule has 6 rings (SSSR count). The molecule has 4 aromatic rings. The van der Waals surface area contributed by atoms with Gasteiger partial charge in [0.25, 0.3) is 0 Å². The van der Waals surface area contributed by atoms with E-state index >= 15 is 0 Å². The Bertz CT molecular complexity index is 1780. The van der Waals surface area contributed by atoms with Crippen molar-refractivity contribution in [1.29, 1.82) is 0 Å².